The first kappa shape index (κ1) is 13.8. The molecule has 0 bridgehead atoms. The minimum absolute atomic E-state index is 0.154. The average molecular weight is 254 g/mol. The minimum atomic E-state index is -0.154. The van der Waals surface area contributed by atoms with Crippen LogP contribution in [0.5, 0.6) is 0 Å². The third-order valence-electron chi connectivity index (χ3n) is 4.24. The van der Waals surface area contributed by atoms with Gasteiger partial charge in [-0.2, -0.15) is 0 Å². The van der Waals surface area contributed by atoms with E-state index in [0.29, 0.717) is 12.0 Å². The topological polar surface area (TPSA) is 41.6 Å². The number of amides is 1. The molecule has 0 aromatic heterocycles. The first-order valence-electron chi connectivity index (χ1n) is 7.40. The second kappa shape index (κ2) is 6.53. The van der Waals surface area contributed by atoms with Crippen LogP contribution in [-0.4, -0.2) is 49.2 Å². The third-order valence-corrected chi connectivity index (χ3v) is 4.24. The zero-order valence-corrected chi connectivity index (χ0v) is 11.7. The van der Waals surface area contributed by atoms with Crippen LogP contribution in [0.3, 0.4) is 0 Å². The van der Waals surface area contributed by atoms with E-state index in [1.165, 1.54) is 0 Å². The summed E-state index contributed by atoms with van der Waals surface area (Å²) in [5.74, 6) is 0.810. The SMILES string of the molecule is CCNC1CCN(C(=O)C2CCCO2)CC1CC. The molecule has 2 rings (SSSR count). The van der Waals surface area contributed by atoms with Gasteiger partial charge >= 0.3 is 0 Å². The fourth-order valence-electron chi connectivity index (χ4n) is 3.15. The van der Waals surface area contributed by atoms with E-state index < -0.39 is 0 Å². The zero-order chi connectivity index (χ0) is 13.0. The molecule has 0 aliphatic carbocycles. The second-order valence-electron chi connectivity index (χ2n) is 5.41. The van der Waals surface area contributed by atoms with Crippen LogP contribution < -0.4 is 5.32 Å². The molecular weight excluding hydrogens is 228 g/mol. The minimum Gasteiger partial charge on any atom is -0.368 e. The Morgan fingerprint density at radius 2 is 2.22 bits per heavy atom. The number of hydrogen-bond acceptors (Lipinski definition) is 3. The van der Waals surface area contributed by atoms with Gasteiger partial charge in [-0.3, -0.25) is 4.79 Å². The van der Waals surface area contributed by atoms with Crippen molar-refractivity contribution in [2.75, 3.05) is 26.2 Å². The average Bonchev–Trinajstić information content (AvgIpc) is 2.92. The molecule has 1 N–H and O–H groups in total. The number of ether oxygens (including phenoxy) is 1. The largest absolute Gasteiger partial charge is 0.368 e. The van der Waals surface area contributed by atoms with E-state index in [-0.39, 0.29) is 12.0 Å². The van der Waals surface area contributed by atoms with Gasteiger partial charge in [0.1, 0.15) is 6.10 Å². The summed E-state index contributed by atoms with van der Waals surface area (Å²) in [6, 6.07) is 0.577. The highest BCUT2D eigenvalue weighted by Gasteiger charge is 2.34. The van der Waals surface area contributed by atoms with Crippen molar-refractivity contribution in [2.24, 2.45) is 5.92 Å². The lowest BCUT2D eigenvalue weighted by atomic mass is 9.89. The van der Waals surface area contributed by atoms with Crippen molar-refractivity contribution >= 4 is 5.91 Å². The predicted octanol–water partition coefficient (Wildman–Crippen LogP) is 1.40. The lowest BCUT2D eigenvalue weighted by Crippen LogP contribution is -2.52. The van der Waals surface area contributed by atoms with Gasteiger partial charge in [0, 0.05) is 25.7 Å². The van der Waals surface area contributed by atoms with Crippen LogP contribution in [-0.2, 0) is 9.53 Å². The molecule has 4 heteroatoms. The van der Waals surface area contributed by atoms with Gasteiger partial charge in [-0.25, -0.2) is 0 Å². The van der Waals surface area contributed by atoms with Gasteiger partial charge in [0.05, 0.1) is 0 Å². The lowest BCUT2D eigenvalue weighted by Gasteiger charge is -2.39. The number of likely N-dealkylation sites (tertiary alicyclic amines) is 1. The Morgan fingerprint density at radius 3 is 2.83 bits per heavy atom. The van der Waals surface area contributed by atoms with Crippen molar-refractivity contribution in [3.05, 3.63) is 0 Å². The molecule has 2 fully saturated rings. The van der Waals surface area contributed by atoms with Gasteiger partial charge in [-0.1, -0.05) is 20.3 Å². The van der Waals surface area contributed by atoms with Gasteiger partial charge in [0.2, 0.25) is 0 Å². The molecule has 0 aromatic carbocycles. The van der Waals surface area contributed by atoms with Crippen molar-refractivity contribution in [3.8, 4) is 0 Å². The van der Waals surface area contributed by atoms with Crippen LogP contribution in [0.4, 0.5) is 0 Å². The summed E-state index contributed by atoms with van der Waals surface area (Å²) in [7, 11) is 0. The van der Waals surface area contributed by atoms with Crippen molar-refractivity contribution in [1.29, 1.82) is 0 Å². The van der Waals surface area contributed by atoms with Crippen LogP contribution in [0.15, 0.2) is 0 Å². The number of hydrogen-bond donors (Lipinski definition) is 1. The van der Waals surface area contributed by atoms with E-state index in [4.69, 9.17) is 4.74 Å². The number of nitrogens with one attached hydrogen (secondary N) is 1. The maximum Gasteiger partial charge on any atom is 0.251 e. The first-order valence-corrected chi connectivity index (χ1v) is 7.40. The molecule has 0 radical (unpaired) electrons. The van der Waals surface area contributed by atoms with E-state index in [9.17, 15) is 4.79 Å². The van der Waals surface area contributed by atoms with Crippen LogP contribution in [0.1, 0.15) is 39.5 Å². The highest BCUT2D eigenvalue weighted by molar-refractivity contribution is 5.81. The highest BCUT2D eigenvalue weighted by atomic mass is 16.5. The number of rotatable bonds is 4. The summed E-state index contributed by atoms with van der Waals surface area (Å²) >= 11 is 0. The van der Waals surface area contributed by atoms with E-state index in [2.05, 4.69) is 19.2 Å². The monoisotopic (exact) mass is 254 g/mol. The van der Waals surface area contributed by atoms with Gasteiger partial charge in [-0.15, -0.1) is 0 Å². The van der Waals surface area contributed by atoms with Crippen molar-refractivity contribution in [3.63, 3.8) is 0 Å². The molecule has 3 atom stereocenters. The Labute approximate surface area is 110 Å². The number of carbonyl (C=O) groups excluding carboxylic acids is 1. The van der Waals surface area contributed by atoms with Crippen molar-refractivity contribution < 1.29 is 9.53 Å². The van der Waals surface area contributed by atoms with Crippen LogP contribution in [0.25, 0.3) is 0 Å². The molecule has 2 saturated heterocycles. The summed E-state index contributed by atoms with van der Waals surface area (Å²) < 4.78 is 5.50. The van der Waals surface area contributed by atoms with Crippen LogP contribution in [0.2, 0.25) is 0 Å². The first-order chi connectivity index (χ1) is 8.76. The third kappa shape index (κ3) is 3.04. The molecule has 0 saturated carbocycles. The van der Waals surface area contributed by atoms with Crippen LogP contribution in [0, 0.1) is 5.92 Å². The lowest BCUT2D eigenvalue weighted by molar-refractivity contribution is -0.143. The fraction of sp³-hybridized carbons (Fsp3) is 0.929. The molecule has 3 unspecified atom stereocenters. The van der Waals surface area contributed by atoms with Gasteiger partial charge in [-0.05, 0) is 31.7 Å². The number of nitrogens with zero attached hydrogens (tertiary/aromatic N) is 1. The zero-order valence-electron chi connectivity index (χ0n) is 11.7. The molecule has 0 spiro atoms. The smallest absolute Gasteiger partial charge is 0.251 e. The number of piperidine rings is 1. The van der Waals surface area contributed by atoms with E-state index >= 15 is 0 Å². The van der Waals surface area contributed by atoms with Crippen LogP contribution >= 0.6 is 0 Å². The summed E-state index contributed by atoms with van der Waals surface area (Å²) in [6.07, 6.45) is 3.99. The van der Waals surface area contributed by atoms with Gasteiger partial charge < -0.3 is 15.0 Å². The maximum absolute atomic E-state index is 12.3. The van der Waals surface area contributed by atoms with E-state index in [1.807, 2.05) is 4.90 Å². The molecule has 2 aliphatic rings. The van der Waals surface area contributed by atoms with E-state index in [0.717, 1.165) is 51.9 Å². The standard InChI is InChI=1S/C14H26N2O2/c1-3-11-10-16(8-7-12(11)15-4-2)14(17)13-6-5-9-18-13/h11-13,15H,3-10H2,1-2H3. The normalized spacial score (nSPS) is 32.8. The summed E-state index contributed by atoms with van der Waals surface area (Å²) in [4.78, 5) is 14.3. The molecule has 4 nitrogen and oxygen atoms in total. The Morgan fingerprint density at radius 1 is 1.39 bits per heavy atom. The highest BCUT2D eigenvalue weighted by Crippen LogP contribution is 2.23. The van der Waals surface area contributed by atoms with Crippen molar-refractivity contribution in [2.45, 2.75) is 51.7 Å². The predicted molar refractivity (Wildman–Crippen MR) is 71.4 cm³/mol. The van der Waals surface area contributed by atoms with Gasteiger partial charge in [0.15, 0.2) is 0 Å². The van der Waals surface area contributed by atoms with E-state index in [1.54, 1.807) is 0 Å². The molecule has 0 aromatic rings. The summed E-state index contributed by atoms with van der Waals surface area (Å²) in [5, 5.41) is 3.55. The Kier molecular flexibility index (Phi) is 5.01. The molecule has 104 valence electrons. The molecular formula is C14H26N2O2. The quantitative estimate of drug-likeness (QED) is 0.824. The fourth-order valence-corrected chi connectivity index (χ4v) is 3.15. The Bertz CT molecular complexity index is 277. The molecule has 18 heavy (non-hydrogen) atoms. The summed E-state index contributed by atoms with van der Waals surface area (Å²) in [6.45, 7) is 7.91. The molecule has 1 amide bonds. The summed E-state index contributed by atoms with van der Waals surface area (Å²) in [5.41, 5.74) is 0. The second-order valence-corrected chi connectivity index (χ2v) is 5.41. The molecule has 2 heterocycles. The number of carbonyl (C=O) groups is 1. The Hall–Kier alpha value is -0.610. The Balaban J connectivity index is 1.90. The maximum atomic E-state index is 12.3. The molecule has 2 aliphatic heterocycles. The van der Waals surface area contributed by atoms with Crippen molar-refractivity contribution in [1.82, 2.24) is 10.2 Å². The van der Waals surface area contributed by atoms with Gasteiger partial charge in [0.25, 0.3) is 5.91 Å².